The van der Waals surface area contributed by atoms with Crippen molar-refractivity contribution in [1.82, 2.24) is 34.3 Å². The van der Waals surface area contributed by atoms with Crippen molar-refractivity contribution in [3.8, 4) is 0 Å². The Morgan fingerprint density at radius 2 is 2.06 bits per heavy atom. The summed E-state index contributed by atoms with van der Waals surface area (Å²) in [7, 11) is 1.84. The molecular formula is C20H32IN9O2. The summed E-state index contributed by atoms with van der Waals surface area (Å²) in [6.07, 6.45) is 7.30. The number of piperazine rings is 1. The highest BCUT2D eigenvalue weighted by Gasteiger charge is 2.27. The lowest BCUT2D eigenvalue weighted by molar-refractivity contribution is -0.120. The molecule has 4 rings (SSSR count). The molecule has 32 heavy (non-hydrogen) atoms. The normalized spacial score (nSPS) is 16.7. The quantitative estimate of drug-likeness (QED) is 0.239. The number of rotatable bonds is 6. The molecule has 2 aliphatic heterocycles. The van der Waals surface area contributed by atoms with Crippen molar-refractivity contribution < 1.29 is 4.79 Å². The predicted molar refractivity (Wildman–Crippen MR) is 133 cm³/mol. The molecule has 1 fully saturated rings. The number of aliphatic imine (C=N–C) groups is 1. The summed E-state index contributed by atoms with van der Waals surface area (Å²) in [5.41, 5.74) is 0.810. The van der Waals surface area contributed by atoms with Gasteiger partial charge in [-0.1, -0.05) is 0 Å². The number of carbonyl (C=O) groups excluding carboxylic acids is 1. The number of guanidine groups is 1. The molecule has 2 aliphatic rings. The van der Waals surface area contributed by atoms with Gasteiger partial charge in [-0.3, -0.25) is 19.0 Å². The number of anilines is 1. The van der Waals surface area contributed by atoms with E-state index in [0.29, 0.717) is 26.2 Å². The van der Waals surface area contributed by atoms with Crippen molar-refractivity contribution in [2.45, 2.75) is 45.7 Å². The van der Waals surface area contributed by atoms with Crippen LogP contribution >= 0.6 is 24.0 Å². The average Bonchev–Trinajstić information content (AvgIpc) is 3.33. The number of hydrogen-bond acceptors (Lipinski definition) is 5. The molecule has 0 unspecified atom stereocenters. The van der Waals surface area contributed by atoms with Crippen LogP contribution < -0.4 is 15.9 Å². The Hall–Kier alpha value is -2.38. The van der Waals surface area contributed by atoms with Crippen LogP contribution in [0.1, 0.15) is 32.0 Å². The lowest BCUT2D eigenvalue weighted by Gasteiger charge is -2.35. The van der Waals surface area contributed by atoms with Crippen LogP contribution in [0, 0.1) is 0 Å². The molecule has 0 atom stereocenters. The van der Waals surface area contributed by atoms with E-state index in [4.69, 9.17) is 4.99 Å². The number of nitrogens with one attached hydrogen (secondary N) is 1. The molecule has 0 bridgehead atoms. The van der Waals surface area contributed by atoms with Gasteiger partial charge >= 0.3 is 5.69 Å². The largest absolute Gasteiger partial charge is 0.357 e. The first-order valence-electron chi connectivity index (χ1n) is 11.1. The molecule has 0 spiro atoms. The van der Waals surface area contributed by atoms with E-state index >= 15 is 0 Å². The summed E-state index contributed by atoms with van der Waals surface area (Å²) in [5.74, 6) is 1.66. The van der Waals surface area contributed by atoms with Crippen molar-refractivity contribution in [3.05, 3.63) is 28.7 Å². The molecule has 11 nitrogen and oxygen atoms in total. The molecule has 0 radical (unpaired) electrons. The van der Waals surface area contributed by atoms with E-state index in [2.05, 4.69) is 15.5 Å². The Bertz CT molecular complexity index is 1010. The number of amides is 1. The minimum absolute atomic E-state index is 0. The van der Waals surface area contributed by atoms with Crippen molar-refractivity contribution >= 4 is 41.5 Å². The number of fused-ring (bicyclic) bond motifs is 1. The van der Waals surface area contributed by atoms with Crippen LogP contribution in [0.15, 0.2) is 22.2 Å². The fourth-order valence-electron chi connectivity index (χ4n) is 4.10. The van der Waals surface area contributed by atoms with E-state index in [9.17, 15) is 9.59 Å². The second kappa shape index (κ2) is 11.0. The highest BCUT2D eigenvalue weighted by Crippen LogP contribution is 2.16. The van der Waals surface area contributed by atoms with Crippen LogP contribution in [-0.4, -0.2) is 73.6 Å². The average molecular weight is 557 g/mol. The number of aromatic nitrogens is 5. The summed E-state index contributed by atoms with van der Waals surface area (Å²) in [6.45, 7) is 6.18. The molecule has 2 aromatic heterocycles. The van der Waals surface area contributed by atoms with Crippen LogP contribution in [0.3, 0.4) is 0 Å². The summed E-state index contributed by atoms with van der Waals surface area (Å²) >= 11 is 0. The molecule has 2 aromatic rings. The van der Waals surface area contributed by atoms with Gasteiger partial charge in [-0.2, -0.15) is 10.2 Å². The molecular weight excluding hydrogens is 525 g/mol. The maximum Gasteiger partial charge on any atom is 0.345 e. The standard InChI is InChI=1S/C20H31N9O2.HI/c1-3-21-19(26-11-12-27(18(30)15-26)16-13-23-25(2)14-16)22-8-6-10-29-20(31)28-9-5-4-7-17(28)24-29;/h13-14H,3-12,15H2,1-2H3,(H,21,22);1H. The predicted octanol–water partition coefficient (Wildman–Crippen LogP) is 0.437. The monoisotopic (exact) mass is 557 g/mol. The van der Waals surface area contributed by atoms with Gasteiger partial charge in [0.05, 0.1) is 11.9 Å². The van der Waals surface area contributed by atoms with E-state index in [-0.39, 0.29) is 42.1 Å². The van der Waals surface area contributed by atoms with Crippen LogP contribution in [0.5, 0.6) is 0 Å². The van der Waals surface area contributed by atoms with Crippen molar-refractivity contribution in [1.29, 1.82) is 0 Å². The zero-order chi connectivity index (χ0) is 21.8. The van der Waals surface area contributed by atoms with Crippen molar-refractivity contribution in [2.24, 2.45) is 12.0 Å². The van der Waals surface area contributed by atoms with Gasteiger partial charge in [0.1, 0.15) is 12.4 Å². The Labute approximate surface area is 204 Å². The number of halogens is 1. The molecule has 1 N–H and O–H groups in total. The highest BCUT2D eigenvalue weighted by atomic mass is 127. The molecule has 4 heterocycles. The summed E-state index contributed by atoms with van der Waals surface area (Å²) in [6, 6.07) is 0. The number of hydrogen-bond donors (Lipinski definition) is 1. The third-order valence-corrected chi connectivity index (χ3v) is 5.68. The molecule has 0 aliphatic carbocycles. The van der Waals surface area contributed by atoms with Crippen LogP contribution in [0.2, 0.25) is 0 Å². The van der Waals surface area contributed by atoms with Crippen LogP contribution in [0.4, 0.5) is 5.69 Å². The SMILES string of the molecule is CCNC(=NCCCn1nc2n(c1=O)CCCC2)N1CCN(c2cnn(C)c2)C(=O)C1.I. The third kappa shape index (κ3) is 5.33. The van der Waals surface area contributed by atoms with Gasteiger partial charge < -0.3 is 15.1 Å². The van der Waals surface area contributed by atoms with Crippen LogP contribution in [0.25, 0.3) is 0 Å². The van der Waals surface area contributed by atoms with Gasteiger partial charge in [0.25, 0.3) is 0 Å². The minimum atomic E-state index is -0.0114. The summed E-state index contributed by atoms with van der Waals surface area (Å²) in [4.78, 5) is 33.6. The van der Waals surface area contributed by atoms with Gasteiger partial charge in [0.15, 0.2) is 5.96 Å². The van der Waals surface area contributed by atoms with E-state index in [1.807, 2.05) is 25.1 Å². The number of aryl methyl sites for hydroxylation is 3. The molecule has 1 amide bonds. The van der Waals surface area contributed by atoms with Crippen molar-refractivity contribution in [3.63, 3.8) is 0 Å². The van der Waals surface area contributed by atoms with E-state index < -0.39 is 0 Å². The maximum atomic E-state index is 12.7. The van der Waals surface area contributed by atoms with E-state index in [1.54, 1.807) is 25.0 Å². The minimum Gasteiger partial charge on any atom is -0.357 e. The Balaban J connectivity index is 0.00000289. The van der Waals surface area contributed by atoms with Gasteiger partial charge in [-0.15, -0.1) is 24.0 Å². The molecule has 1 saturated heterocycles. The van der Waals surface area contributed by atoms with E-state index in [1.165, 1.54) is 0 Å². The third-order valence-electron chi connectivity index (χ3n) is 5.68. The van der Waals surface area contributed by atoms with Gasteiger partial charge in [-0.25, -0.2) is 9.48 Å². The first-order chi connectivity index (χ1) is 15.1. The molecule has 12 heteroatoms. The Kier molecular flexibility index (Phi) is 8.32. The first-order valence-corrected chi connectivity index (χ1v) is 11.1. The van der Waals surface area contributed by atoms with Crippen molar-refractivity contribution in [2.75, 3.05) is 37.6 Å². The fraction of sp³-hybridized carbons (Fsp3) is 0.650. The number of nitrogens with zero attached hydrogens (tertiary/aromatic N) is 8. The first kappa shape index (κ1) is 24.3. The van der Waals surface area contributed by atoms with Gasteiger partial charge in [-0.05, 0) is 26.2 Å². The van der Waals surface area contributed by atoms with Crippen LogP contribution in [-0.2, 0) is 31.4 Å². The lowest BCUT2D eigenvalue weighted by atomic mass is 10.2. The highest BCUT2D eigenvalue weighted by molar-refractivity contribution is 14.0. The fourth-order valence-corrected chi connectivity index (χ4v) is 4.10. The lowest BCUT2D eigenvalue weighted by Crippen LogP contribution is -2.55. The second-order valence-corrected chi connectivity index (χ2v) is 7.96. The number of carbonyl (C=O) groups is 1. The summed E-state index contributed by atoms with van der Waals surface area (Å²) in [5, 5.41) is 11.9. The zero-order valence-corrected chi connectivity index (χ0v) is 21.1. The zero-order valence-electron chi connectivity index (χ0n) is 18.7. The van der Waals surface area contributed by atoms with Gasteiger partial charge in [0.2, 0.25) is 5.91 Å². The second-order valence-electron chi connectivity index (χ2n) is 7.96. The molecule has 0 aromatic carbocycles. The van der Waals surface area contributed by atoms with E-state index in [0.717, 1.165) is 56.2 Å². The smallest absolute Gasteiger partial charge is 0.345 e. The summed E-state index contributed by atoms with van der Waals surface area (Å²) < 4.78 is 5.06. The topological polar surface area (TPSA) is 106 Å². The maximum absolute atomic E-state index is 12.7. The Morgan fingerprint density at radius 3 is 2.75 bits per heavy atom. The molecule has 176 valence electrons. The Morgan fingerprint density at radius 1 is 1.22 bits per heavy atom. The molecule has 0 saturated carbocycles. The van der Waals surface area contributed by atoms with Gasteiger partial charge in [0, 0.05) is 58.9 Å².